The molecule has 2 N–H and O–H groups in total. The van der Waals surface area contributed by atoms with Crippen LogP contribution in [0.5, 0.6) is 0 Å². The second-order valence-electron chi connectivity index (χ2n) is 4.96. The zero-order chi connectivity index (χ0) is 9.78. The van der Waals surface area contributed by atoms with E-state index in [1.165, 1.54) is 19.3 Å². The van der Waals surface area contributed by atoms with Gasteiger partial charge in [-0.1, -0.05) is 47.5 Å². The molecule has 2 atom stereocenters. The van der Waals surface area contributed by atoms with Crippen LogP contribution in [0.15, 0.2) is 0 Å². The van der Waals surface area contributed by atoms with E-state index in [2.05, 4.69) is 34.6 Å². The minimum absolute atomic E-state index is 0.354. The van der Waals surface area contributed by atoms with Crippen molar-refractivity contribution in [2.24, 2.45) is 17.1 Å². The molecular formula is C11H25N. The van der Waals surface area contributed by atoms with Crippen molar-refractivity contribution in [1.29, 1.82) is 0 Å². The Balaban J connectivity index is 3.84. The molecule has 0 saturated heterocycles. The van der Waals surface area contributed by atoms with E-state index in [9.17, 15) is 0 Å². The van der Waals surface area contributed by atoms with E-state index in [4.69, 9.17) is 5.73 Å². The molecule has 2 unspecified atom stereocenters. The first-order valence-electron chi connectivity index (χ1n) is 5.15. The minimum Gasteiger partial charge on any atom is -0.327 e. The molecule has 0 rings (SSSR count). The molecule has 0 aliphatic heterocycles. The van der Waals surface area contributed by atoms with Gasteiger partial charge in [-0.15, -0.1) is 0 Å². The molecule has 0 aromatic carbocycles. The molecule has 0 aliphatic carbocycles. The molecule has 12 heavy (non-hydrogen) atoms. The molecule has 0 radical (unpaired) electrons. The Labute approximate surface area is 77.7 Å². The standard InChI is InChI=1S/C11H25N/c1-6-7-8-10(12)9(2)11(3,4)5/h9-10H,6-8,12H2,1-5H3. The van der Waals surface area contributed by atoms with Crippen LogP contribution >= 0.6 is 0 Å². The van der Waals surface area contributed by atoms with Gasteiger partial charge in [-0.3, -0.25) is 0 Å². The summed E-state index contributed by atoms with van der Waals surface area (Å²) < 4.78 is 0. The monoisotopic (exact) mass is 171 g/mol. The molecule has 0 aromatic rings. The van der Waals surface area contributed by atoms with E-state index in [1.807, 2.05) is 0 Å². The number of hydrogen-bond acceptors (Lipinski definition) is 1. The average Bonchev–Trinajstić information content (AvgIpc) is 1.97. The largest absolute Gasteiger partial charge is 0.327 e. The fourth-order valence-corrected chi connectivity index (χ4v) is 1.33. The van der Waals surface area contributed by atoms with Crippen LogP contribution in [0.2, 0.25) is 0 Å². The molecule has 74 valence electrons. The third-order valence-electron chi connectivity index (χ3n) is 2.90. The van der Waals surface area contributed by atoms with E-state index in [0.29, 0.717) is 17.4 Å². The van der Waals surface area contributed by atoms with Gasteiger partial charge in [0.05, 0.1) is 0 Å². The van der Waals surface area contributed by atoms with Crippen LogP contribution in [-0.4, -0.2) is 6.04 Å². The second kappa shape index (κ2) is 4.86. The van der Waals surface area contributed by atoms with Gasteiger partial charge in [0.2, 0.25) is 0 Å². The van der Waals surface area contributed by atoms with Crippen LogP contribution in [0.1, 0.15) is 53.9 Å². The second-order valence-corrected chi connectivity index (χ2v) is 4.96. The Hall–Kier alpha value is -0.0400. The molecule has 0 fully saturated rings. The highest BCUT2D eigenvalue weighted by atomic mass is 14.7. The van der Waals surface area contributed by atoms with Crippen LogP contribution in [0.3, 0.4) is 0 Å². The first-order valence-corrected chi connectivity index (χ1v) is 5.15. The summed E-state index contributed by atoms with van der Waals surface area (Å²) in [6, 6.07) is 0.380. The van der Waals surface area contributed by atoms with Crippen molar-refractivity contribution in [3.05, 3.63) is 0 Å². The maximum atomic E-state index is 6.09. The van der Waals surface area contributed by atoms with E-state index in [-0.39, 0.29) is 0 Å². The Morgan fingerprint density at radius 2 is 1.75 bits per heavy atom. The molecule has 0 aromatic heterocycles. The number of unbranched alkanes of at least 4 members (excludes halogenated alkanes) is 1. The Morgan fingerprint density at radius 3 is 2.08 bits per heavy atom. The zero-order valence-corrected chi connectivity index (χ0v) is 9.35. The van der Waals surface area contributed by atoms with Gasteiger partial charge in [0.1, 0.15) is 0 Å². The van der Waals surface area contributed by atoms with Crippen LogP contribution < -0.4 is 5.73 Å². The highest BCUT2D eigenvalue weighted by Gasteiger charge is 2.24. The van der Waals surface area contributed by atoms with Crippen LogP contribution in [0.25, 0.3) is 0 Å². The molecule has 1 heteroatoms. The summed E-state index contributed by atoms with van der Waals surface area (Å²) in [7, 11) is 0. The third kappa shape index (κ3) is 4.10. The van der Waals surface area contributed by atoms with E-state index < -0.39 is 0 Å². The van der Waals surface area contributed by atoms with Gasteiger partial charge in [0.25, 0.3) is 0 Å². The van der Waals surface area contributed by atoms with Crippen molar-refractivity contribution in [1.82, 2.24) is 0 Å². The van der Waals surface area contributed by atoms with Gasteiger partial charge < -0.3 is 5.73 Å². The zero-order valence-electron chi connectivity index (χ0n) is 9.35. The van der Waals surface area contributed by atoms with Crippen molar-refractivity contribution in [2.75, 3.05) is 0 Å². The van der Waals surface area contributed by atoms with Gasteiger partial charge in [-0.2, -0.15) is 0 Å². The SMILES string of the molecule is CCCCC(N)C(C)C(C)(C)C. The van der Waals surface area contributed by atoms with Gasteiger partial charge in [0, 0.05) is 6.04 Å². The lowest BCUT2D eigenvalue weighted by Gasteiger charge is -2.32. The predicted molar refractivity (Wildman–Crippen MR) is 56.1 cm³/mol. The van der Waals surface area contributed by atoms with Crippen molar-refractivity contribution in [2.45, 2.75) is 59.9 Å². The molecular weight excluding hydrogens is 146 g/mol. The Bertz CT molecular complexity index is 113. The Morgan fingerprint density at radius 1 is 1.25 bits per heavy atom. The Kier molecular flexibility index (Phi) is 4.84. The normalized spacial score (nSPS) is 17.5. The number of rotatable bonds is 4. The van der Waals surface area contributed by atoms with Crippen LogP contribution in [-0.2, 0) is 0 Å². The van der Waals surface area contributed by atoms with E-state index in [1.54, 1.807) is 0 Å². The summed E-state index contributed by atoms with van der Waals surface area (Å²) >= 11 is 0. The van der Waals surface area contributed by atoms with Gasteiger partial charge in [-0.05, 0) is 17.8 Å². The lowest BCUT2D eigenvalue weighted by atomic mass is 9.76. The summed E-state index contributed by atoms with van der Waals surface area (Å²) in [5.41, 5.74) is 6.44. The number of nitrogens with two attached hydrogens (primary N) is 1. The molecule has 0 saturated carbocycles. The lowest BCUT2D eigenvalue weighted by molar-refractivity contribution is 0.213. The average molecular weight is 171 g/mol. The molecule has 0 bridgehead atoms. The predicted octanol–water partition coefficient (Wildman–Crippen LogP) is 3.19. The minimum atomic E-state index is 0.354. The quantitative estimate of drug-likeness (QED) is 0.690. The summed E-state index contributed by atoms with van der Waals surface area (Å²) in [5.74, 6) is 0.615. The third-order valence-corrected chi connectivity index (χ3v) is 2.90. The van der Waals surface area contributed by atoms with Crippen molar-refractivity contribution >= 4 is 0 Å². The van der Waals surface area contributed by atoms with Crippen molar-refractivity contribution in [3.63, 3.8) is 0 Å². The summed E-state index contributed by atoms with van der Waals surface area (Å²) in [6.07, 6.45) is 3.70. The smallest absolute Gasteiger partial charge is 0.00695 e. The molecule has 0 aliphatic rings. The van der Waals surface area contributed by atoms with Gasteiger partial charge in [0.15, 0.2) is 0 Å². The fourth-order valence-electron chi connectivity index (χ4n) is 1.33. The maximum absolute atomic E-state index is 6.09. The lowest BCUT2D eigenvalue weighted by Crippen LogP contribution is -2.36. The van der Waals surface area contributed by atoms with Crippen molar-refractivity contribution in [3.8, 4) is 0 Å². The molecule has 0 spiro atoms. The summed E-state index contributed by atoms with van der Waals surface area (Å²) in [4.78, 5) is 0. The maximum Gasteiger partial charge on any atom is 0.00695 e. The van der Waals surface area contributed by atoms with Crippen LogP contribution in [0, 0.1) is 11.3 Å². The van der Waals surface area contributed by atoms with Gasteiger partial charge in [-0.25, -0.2) is 0 Å². The van der Waals surface area contributed by atoms with E-state index in [0.717, 1.165) is 0 Å². The van der Waals surface area contributed by atoms with Crippen molar-refractivity contribution < 1.29 is 0 Å². The highest BCUT2D eigenvalue weighted by Crippen LogP contribution is 2.28. The summed E-state index contributed by atoms with van der Waals surface area (Å²) in [6.45, 7) is 11.3. The van der Waals surface area contributed by atoms with E-state index >= 15 is 0 Å². The topological polar surface area (TPSA) is 26.0 Å². The molecule has 0 heterocycles. The fraction of sp³-hybridized carbons (Fsp3) is 1.00. The molecule has 0 amide bonds. The first kappa shape index (κ1) is 12.0. The highest BCUT2D eigenvalue weighted by molar-refractivity contribution is 4.79. The summed E-state index contributed by atoms with van der Waals surface area (Å²) in [5, 5.41) is 0. The number of hydrogen-bond donors (Lipinski definition) is 1. The van der Waals surface area contributed by atoms with Crippen LogP contribution in [0.4, 0.5) is 0 Å². The van der Waals surface area contributed by atoms with Gasteiger partial charge >= 0.3 is 0 Å². The molecule has 1 nitrogen and oxygen atoms in total. The first-order chi connectivity index (χ1) is 5.39.